The fraction of sp³-hybridized carbons (Fsp3) is 0.600. The topological polar surface area (TPSA) is 110 Å². The molecule has 0 spiro atoms. The average molecular weight is 323 g/mol. The molecule has 0 radical (unpaired) electrons. The predicted octanol–water partition coefficient (Wildman–Crippen LogP) is 2.93. The summed E-state index contributed by atoms with van der Waals surface area (Å²) in [6.07, 6.45) is 2.69. The van der Waals surface area contributed by atoms with Crippen molar-refractivity contribution in [2.24, 2.45) is 5.92 Å². The van der Waals surface area contributed by atoms with E-state index in [1.54, 1.807) is 4.90 Å². The van der Waals surface area contributed by atoms with Crippen molar-refractivity contribution in [3.05, 3.63) is 37.4 Å². The first-order valence-electron chi connectivity index (χ1n) is 7.67. The van der Waals surface area contributed by atoms with Crippen LogP contribution in [0.15, 0.2) is 6.07 Å². The van der Waals surface area contributed by atoms with Crippen LogP contribution in [0, 0.1) is 33.1 Å². The molecule has 0 amide bonds. The smallest absolute Gasteiger partial charge is 0.302 e. The highest BCUT2D eigenvalue weighted by atomic mass is 16.6. The van der Waals surface area contributed by atoms with E-state index >= 15 is 0 Å². The van der Waals surface area contributed by atoms with Crippen molar-refractivity contribution in [1.29, 1.82) is 0 Å². The Morgan fingerprint density at radius 2 is 1.96 bits per heavy atom. The number of nitro groups is 2. The second-order valence-electron chi connectivity index (χ2n) is 6.07. The number of hydrogen-bond donors (Lipinski definition) is 1. The van der Waals surface area contributed by atoms with Crippen LogP contribution >= 0.6 is 0 Å². The van der Waals surface area contributed by atoms with Gasteiger partial charge < -0.3 is 10.0 Å². The van der Waals surface area contributed by atoms with Crippen molar-refractivity contribution in [2.75, 3.05) is 18.0 Å². The van der Waals surface area contributed by atoms with Crippen molar-refractivity contribution in [3.8, 4) is 0 Å². The first-order chi connectivity index (χ1) is 10.9. The van der Waals surface area contributed by atoms with Gasteiger partial charge in [-0.3, -0.25) is 20.2 Å². The van der Waals surface area contributed by atoms with E-state index in [0.29, 0.717) is 19.0 Å². The second-order valence-corrected chi connectivity index (χ2v) is 6.07. The van der Waals surface area contributed by atoms with Crippen molar-refractivity contribution in [1.82, 2.24) is 0 Å². The van der Waals surface area contributed by atoms with E-state index in [1.165, 1.54) is 13.0 Å². The summed E-state index contributed by atoms with van der Waals surface area (Å²) in [4.78, 5) is 23.6. The summed E-state index contributed by atoms with van der Waals surface area (Å²) in [5.74, 6) is 0.496. The lowest BCUT2D eigenvalue weighted by atomic mass is 10.0. The van der Waals surface area contributed by atoms with E-state index in [2.05, 4.69) is 6.92 Å². The summed E-state index contributed by atoms with van der Waals surface area (Å²) in [6, 6.07) is 1.26. The molecular weight excluding hydrogens is 302 g/mol. The van der Waals surface area contributed by atoms with E-state index in [4.69, 9.17) is 0 Å². The fourth-order valence-corrected chi connectivity index (χ4v) is 3.12. The summed E-state index contributed by atoms with van der Waals surface area (Å²) in [6.45, 7) is 4.29. The molecule has 126 valence electrons. The number of aliphatic hydroxyl groups excluding tert-OH is 1. The summed E-state index contributed by atoms with van der Waals surface area (Å²) >= 11 is 0. The van der Waals surface area contributed by atoms with Gasteiger partial charge >= 0.3 is 5.69 Å². The van der Waals surface area contributed by atoms with Crippen LogP contribution in [0.4, 0.5) is 17.1 Å². The Labute approximate surface area is 134 Å². The van der Waals surface area contributed by atoms with Crippen LogP contribution in [0.2, 0.25) is 0 Å². The van der Waals surface area contributed by atoms with Crippen molar-refractivity contribution < 1.29 is 15.0 Å². The third-order valence-electron chi connectivity index (χ3n) is 4.50. The minimum absolute atomic E-state index is 0.0730. The van der Waals surface area contributed by atoms with Crippen molar-refractivity contribution >= 4 is 17.1 Å². The highest BCUT2D eigenvalue weighted by Crippen LogP contribution is 2.42. The van der Waals surface area contributed by atoms with Gasteiger partial charge in [-0.05, 0) is 37.7 Å². The molecule has 1 N–H and O–H groups in total. The third kappa shape index (κ3) is 3.42. The molecule has 23 heavy (non-hydrogen) atoms. The van der Waals surface area contributed by atoms with Crippen LogP contribution in [0.1, 0.15) is 37.3 Å². The van der Waals surface area contributed by atoms with Gasteiger partial charge in [0.05, 0.1) is 16.5 Å². The standard InChI is InChI=1S/C15H21N3O5/c1-10-4-3-6-16(7-5-10)15-13(17(20)21)8-12(9-19)11(2)14(15)18(22)23/h8,10,19H,3-7,9H2,1-2H3/t10-/m0/s1. The lowest BCUT2D eigenvalue weighted by Gasteiger charge is -2.23. The van der Waals surface area contributed by atoms with Crippen LogP contribution < -0.4 is 4.90 Å². The molecule has 0 bridgehead atoms. The van der Waals surface area contributed by atoms with E-state index in [-0.39, 0.29) is 28.2 Å². The highest BCUT2D eigenvalue weighted by molar-refractivity contribution is 5.79. The Kier molecular flexibility index (Phi) is 5.15. The molecular formula is C15H21N3O5. The van der Waals surface area contributed by atoms with Gasteiger partial charge in [0.1, 0.15) is 0 Å². The van der Waals surface area contributed by atoms with Crippen LogP contribution in [0.3, 0.4) is 0 Å². The molecule has 1 atom stereocenters. The van der Waals surface area contributed by atoms with Crippen LogP contribution in [-0.4, -0.2) is 28.0 Å². The van der Waals surface area contributed by atoms with Crippen molar-refractivity contribution in [3.63, 3.8) is 0 Å². The maximum absolute atomic E-state index is 11.6. The van der Waals surface area contributed by atoms with Gasteiger partial charge in [-0.25, -0.2) is 0 Å². The van der Waals surface area contributed by atoms with Crippen LogP contribution in [-0.2, 0) is 6.61 Å². The number of nitro benzene ring substituents is 2. The molecule has 8 heteroatoms. The van der Waals surface area contributed by atoms with Crippen LogP contribution in [0.5, 0.6) is 0 Å². The molecule has 1 aromatic rings. The molecule has 8 nitrogen and oxygen atoms in total. The van der Waals surface area contributed by atoms with Gasteiger partial charge in [0.25, 0.3) is 5.69 Å². The van der Waals surface area contributed by atoms with Gasteiger partial charge in [0, 0.05) is 24.7 Å². The molecule has 0 saturated carbocycles. The highest BCUT2D eigenvalue weighted by Gasteiger charge is 2.34. The van der Waals surface area contributed by atoms with Crippen molar-refractivity contribution in [2.45, 2.75) is 39.7 Å². The SMILES string of the molecule is Cc1c(CO)cc([N+](=O)[O-])c(N2CCC[C@H](C)CC2)c1[N+](=O)[O-]. The molecule has 1 heterocycles. The Bertz CT molecular complexity index is 632. The molecule has 0 aromatic heterocycles. The summed E-state index contributed by atoms with van der Waals surface area (Å²) in [7, 11) is 0. The number of rotatable bonds is 4. The lowest BCUT2D eigenvalue weighted by Crippen LogP contribution is -2.26. The van der Waals surface area contributed by atoms with Gasteiger partial charge in [0.2, 0.25) is 0 Å². The molecule has 1 aromatic carbocycles. The minimum atomic E-state index is -0.602. The zero-order chi connectivity index (χ0) is 17.1. The van der Waals surface area contributed by atoms with Gasteiger partial charge in [-0.15, -0.1) is 0 Å². The van der Waals surface area contributed by atoms with E-state index < -0.39 is 16.5 Å². The lowest BCUT2D eigenvalue weighted by molar-refractivity contribution is -0.393. The maximum Gasteiger partial charge on any atom is 0.302 e. The van der Waals surface area contributed by atoms with E-state index in [9.17, 15) is 25.3 Å². The van der Waals surface area contributed by atoms with E-state index in [0.717, 1.165) is 19.3 Å². The largest absolute Gasteiger partial charge is 0.392 e. The Morgan fingerprint density at radius 3 is 2.52 bits per heavy atom. The monoisotopic (exact) mass is 323 g/mol. The van der Waals surface area contributed by atoms with Gasteiger partial charge in [-0.1, -0.05) is 6.92 Å². The average Bonchev–Trinajstić information content (AvgIpc) is 2.70. The Balaban J connectivity index is 2.65. The Hall–Kier alpha value is -2.22. The number of hydrogen-bond acceptors (Lipinski definition) is 6. The normalized spacial score (nSPS) is 18.6. The molecule has 0 unspecified atom stereocenters. The summed E-state index contributed by atoms with van der Waals surface area (Å²) in [5.41, 5.74) is 0.00763. The third-order valence-corrected chi connectivity index (χ3v) is 4.50. The summed E-state index contributed by atoms with van der Waals surface area (Å²) < 4.78 is 0. The van der Waals surface area contributed by atoms with E-state index in [1.807, 2.05) is 0 Å². The quantitative estimate of drug-likeness (QED) is 0.674. The molecule has 2 rings (SSSR count). The molecule has 1 aliphatic heterocycles. The van der Waals surface area contributed by atoms with Crippen LogP contribution in [0.25, 0.3) is 0 Å². The minimum Gasteiger partial charge on any atom is -0.392 e. The Morgan fingerprint density at radius 1 is 1.26 bits per heavy atom. The fourth-order valence-electron chi connectivity index (χ4n) is 3.12. The van der Waals surface area contributed by atoms with Gasteiger partial charge in [0.15, 0.2) is 5.69 Å². The molecule has 1 aliphatic rings. The zero-order valence-corrected chi connectivity index (χ0v) is 13.3. The molecule has 0 aliphatic carbocycles. The molecule has 1 saturated heterocycles. The maximum atomic E-state index is 11.6. The predicted molar refractivity (Wildman–Crippen MR) is 85.6 cm³/mol. The van der Waals surface area contributed by atoms with Gasteiger partial charge in [-0.2, -0.15) is 0 Å². The number of benzene rings is 1. The zero-order valence-electron chi connectivity index (χ0n) is 13.3. The first-order valence-corrected chi connectivity index (χ1v) is 7.67. The summed E-state index contributed by atoms with van der Waals surface area (Å²) in [5, 5.41) is 32.3. The number of nitrogens with zero attached hydrogens (tertiary/aromatic N) is 3. The number of aliphatic hydroxyl groups is 1. The molecule has 1 fully saturated rings. The number of anilines is 1. The first kappa shape index (κ1) is 17.1. The second kappa shape index (κ2) is 6.91.